The van der Waals surface area contributed by atoms with E-state index >= 15 is 0 Å². The topological polar surface area (TPSA) is 74.7 Å². The molecule has 1 N–H and O–H groups in total. The van der Waals surface area contributed by atoms with Gasteiger partial charge < -0.3 is 5.11 Å². The van der Waals surface area contributed by atoms with Crippen molar-refractivity contribution >= 4 is 0 Å². The standard InChI is InChI=1S/C11H10N4O/c12-6-9-1-3-13-11(5-9)15-8-10(2-4-16)7-14-15/h1,3,5,7-8,16H,2,4H2. The van der Waals surface area contributed by atoms with Gasteiger partial charge >= 0.3 is 0 Å². The Bertz CT molecular complexity index is 527. The first-order chi connectivity index (χ1) is 7.83. The highest BCUT2D eigenvalue weighted by atomic mass is 16.2. The van der Waals surface area contributed by atoms with Crippen LogP contribution in [0.2, 0.25) is 0 Å². The van der Waals surface area contributed by atoms with Crippen LogP contribution >= 0.6 is 0 Å². The number of nitriles is 1. The molecule has 5 heteroatoms. The number of pyridine rings is 1. The van der Waals surface area contributed by atoms with Gasteiger partial charge in [-0.05, 0) is 18.1 Å². The minimum absolute atomic E-state index is 0.0946. The van der Waals surface area contributed by atoms with E-state index in [1.165, 1.54) is 0 Å². The fourth-order valence-electron chi connectivity index (χ4n) is 1.36. The van der Waals surface area contributed by atoms with Crippen LogP contribution in [0.5, 0.6) is 0 Å². The lowest BCUT2D eigenvalue weighted by atomic mass is 10.3. The van der Waals surface area contributed by atoms with Crippen LogP contribution in [0.1, 0.15) is 11.1 Å². The SMILES string of the molecule is N#Cc1ccnc(-n2cc(CCO)cn2)c1. The van der Waals surface area contributed by atoms with Crippen molar-refractivity contribution in [2.45, 2.75) is 6.42 Å². The molecule has 80 valence electrons. The average Bonchev–Trinajstić information content (AvgIpc) is 2.78. The second-order valence-electron chi connectivity index (χ2n) is 3.28. The molecule has 0 aliphatic rings. The Kier molecular flexibility index (Phi) is 2.94. The molecule has 0 unspecified atom stereocenters. The zero-order valence-electron chi connectivity index (χ0n) is 8.54. The first kappa shape index (κ1) is 10.3. The van der Waals surface area contributed by atoms with Crippen LogP contribution in [-0.2, 0) is 6.42 Å². The van der Waals surface area contributed by atoms with Crippen LogP contribution in [0.3, 0.4) is 0 Å². The molecule has 0 aromatic carbocycles. The summed E-state index contributed by atoms with van der Waals surface area (Å²) in [6.07, 6.45) is 5.61. The Morgan fingerprint density at radius 3 is 3.12 bits per heavy atom. The molecule has 16 heavy (non-hydrogen) atoms. The molecule has 0 spiro atoms. The predicted octanol–water partition coefficient (Wildman–Crippen LogP) is 0.674. The highest BCUT2D eigenvalue weighted by Crippen LogP contribution is 2.07. The van der Waals surface area contributed by atoms with E-state index in [9.17, 15) is 0 Å². The summed E-state index contributed by atoms with van der Waals surface area (Å²) < 4.78 is 1.59. The second kappa shape index (κ2) is 4.55. The quantitative estimate of drug-likeness (QED) is 0.815. The maximum atomic E-state index is 8.79. The maximum Gasteiger partial charge on any atom is 0.154 e. The molecular weight excluding hydrogens is 204 g/mol. The van der Waals surface area contributed by atoms with E-state index in [0.29, 0.717) is 17.8 Å². The monoisotopic (exact) mass is 214 g/mol. The summed E-state index contributed by atoms with van der Waals surface area (Å²) in [7, 11) is 0. The van der Waals surface area contributed by atoms with Gasteiger partial charge in [0.05, 0.1) is 17.8 Å². The summed E-state index contributed by atoms with van der Waals surface area (Å²) in [5.41, 5.74) is 1.48. The summed E-state index contributed by atoms with van der Waals surface area (Å²) in [5, 5.41) is 21.7. The number of aliphatic hydroxyl groups is 1. The normalized spacial score (nSPS) is 10.0. The molecule has 0 aliphatic heterocycles. The van der Waals surface area contributed by atoms with Crippen LogP contribution < -0.4 is 0 Å². The number of aromatic nitrogens is 3. The molecule has 0 aliphatic carbocycles. The number of rotatable bonds is 3. The molecule has 0 amide bonds. The van der Waals surface area contributed by atoms with Gasteiger partial charge in [0.2, 0.25) is 0 Å². The van der Waals surface area contributed by atoms with Gasteiger partial charge in [-0.2, -0.15) is 10.4 Å². The van der Waals surface area contributed by atoms with Gasteiger partial charge in [0.25, 0.3) is 0 Å². The third kappa shape index (κ3) is 2.07. The Hall–Kier alpha value is -2.19. The number of hydrogen-bond acceptors (Lipinski definition) is 4. The summed E-state index contributed by atoms with van der Waals surface area (Å²) in [5.74, 6) is 0.600. The first-order valence-corrected chi connectivity index (χ1v) is 4.84. The lowest BCUT2D eigenvalue weighted by Crippen LogP contribution is -1.98. The average molecular weight is 214 g/mol. The molecule has 2 aromatic heterocycles. The molecule has 2 rings (SSSR count). The van der Waals surface area contributed by atoms with Gasteiger partial charge in [0, 0.05) is 25.1 Å². The van der Waals surface area contributed by atoms with Gasteiger partial charge in [0.1, 0.15) is 0 Å². The van der Waals surface area contributed by atoms with E-state index in [-0.39, 0.29) is 6.61 Å². The fourth-order valence-corrected chi connectivity index (χ4v) is 1.36. The molecule has 0 radical (unpaired) electrons. The van der Waals surface area contributed by atoms with Crippen molar-refractivity contribution in [3.63, 3.8) is 0 Å². The van der Waals surface area contributed by atoms with E-state index in [0.717, 1.165) is 5.56 Å². The molecule has 5 nitrogen and oxygen atoms in total. The van der Waals surface area contributed by atoms with Crippen LogP contribution in [0.15, 0.2) is 30.7 Å². The molecule has 2 heterocycles. The molecule has 0 atom stereocenters. The van der Waals surface area contributed by atoms with Crippen molar-refractivity contribution in [1.82, 2.24) is 14.8 Å². The van der Waals surface area contributed by atoms with Gasteiger partial charge in [-0.3, -0.25) is 0 Å². The van der Waals surface area contributed by atoms with E-state index in [1.807, 2.05) is 6.07 Å². The van der Waals surface area contributed by atoms with E-state index in [4.69, 9.17) is 10.4 Å². The number of hydrogen-bond donors (Lipinski definition) is 1. The molecule has 0 saturated heterocycles. The van der Waals surface area contributed by atoms with E-state index in [1.54, 1.807) is 35.4 Å². The van der Waals surface area contributed by atoms with Gasteiger partial charge in [-0.15, -0.1) is 0 Å². The van der Waals surface area contributed by atoms with Crippen molar-refractivity contribution < 1.29 is 5.11 Å². The van der Waals surface area contributed by atoms with Gasteiger partial charge in [-0.25, -0.2) is 9.67 Å². The molecule has 2 aromatic rings. The highest BCUT2D eigenvalue weighted by molar-refractivity contribution is 5.35. The zero-order valence-corrected chi connectivity index (χ0v) is 8.54. The third-order valence-corrected chi connectivity index (χ3v) is 2.15. The fraction of sp³-hybridized carbons (Fsp3) is 0.182. The molecule has 0 bridgehead atoms. The Labute approximate surface area is 92.6 Å². The van der Waals surface area contributed by atoms with Crippen LogP contribution in [0.25, 0.3) is 5.82 Å². The maximum absolute atomic E-state index is 8.79. The van der Waals surface area contributed by atoms with E-state index < -0.39 is 0 Å². The minimum Gasteiger partial charge on any atom is -0.396 e. The summed E-state index contributed by atoms with van der Waals surface area (Å²) in [4.78, 5) is 4.12. The highest BCUT2D eigenvalue weighted by Gasteiger charge is 2.02. The molecule has 0 saturated carbocycles. The summed E-state index contributed by atoms with van der Waals surface area (Å²) in [6.45, 7) is 0.0946. The zero-order chi connectivity index (χ0) is 11.4. The second-order valence-corrected chi connectivity index (χ2v) is 3.28. The smallest absolute Gasteiger partial charge is 0.154 e. The summed E-state index contributed by atoms with van der Waals surface area (Å²) >= 11 is 0. The minimum atomic E-state index is 0.0946. The van der Waals surface area contributed by atoms with Crippen molar-refractivity contribution in [2.75, 3.05) is 6.61 Å². The number of aliphatic hydroxyl groups excluding tert-OH is 1. The van der Waals surface area contributed by atoms with Crippen LogP contribution in [-0.4, -0.2) is 26.5 Å². The van der Waals surface area contributed by atoms with Crippen molar-refractivity contribution in [3.05, 3.63) is 41.9 Å². The van der Waals surface area contributed by atoms with Gasteiger partial charge in [0.15, 0.2) is 5.82 Å². The lowest BCUT2D eigenvalue weighted by Gasteiger charge is -1.99. The number of nitrogens with zero attached hydrogens (tertiary/aromatic N) is 4. The summed E-state index contributed by atoms with van der Waals surface area (Å²) in [6, 6.07) is 5.35. The van der Waals surface area contributed by atoms with Gasteiger partial charge in [-0.1, -0.05) is 0 Å². The largest absolute Gasteiger partial charge is 0.396 e. The third-order valence-electron chi connectivity index (χ3n) is 2.15. The van der Waals surface area contributed by atoms with Crippen molar-refractivity contribution in [2.24, 2.45) is 0 Å². The van der Waals surface area contributed by atoms with Crippen molar-refractivity contribution in [1.29, 1.82) is 5.26 Å². The first-order valence-electron chi connectivity index (χ1n) is 4.84. The Balaban J connectivity index is 2.32. The van der Waals surface area contributed by atoms with Crippen LogP contribution in [0, 0.1) is 11.3 Å². The molecule has 0 fully saturated rings. The lowest BCUT2D eigenvalue weighted by molar-refractivity contribution is 0.299. The molecular formula is C11H10N4O. The van der Waals surface area contributed by atoms with Crippen LogP contribution in [0.4, 0.5) is 0 Å². The van der Waals surface area contributed by atoms with E-state index in [2.05, 4.69) is 10.1 Å². The Morgan fingerprint density at radius 2 is 2.38 bits per heavy atom. The van der Waals surface area contributed by atoms with Crippen molar-refractivity contribution in [3.8, 4) is 11.9 Å². The Morgan fingerprint density at radius 1 is 1.50 bits per heavy atom. The predicted molar refractivity (Wildman–Crippen MR) is 56.9 cm³/mol.